The van der Waals surface area contributed by atoms with Crippen LogP contribution in [-0.4, -0.2) is 86.7 Å². The molecule has 92 valence electrons. The number of hydrogen-bond donors (Lipinski definition) is 0. The Bertz CT molecular complexity index is 199. The molecule has 3 fully saturated rings. The van der Waals surface area contributed by atoms with Gasteiger partial charge in [-0.05, 0) is 0 Å². The molecule has 0 spiro atoms. The molecular weight excluding hydrogens is 206 g/mol. The largest absolute Gasteiger partial charge is 0.379 e. The van der Waals surface area contributed by atoms with Gasteiger partial charge in [0.05, 0.1) is 26.4 Å². The molecule has 3 heterocycles. The first-order valence-electron chi connectivity index (χ1n) is 6.33. The summed E-state index contributed by atoms with van der Waals surface area (Å²) < 4.78 is 10.7. The Hall–Kier alpha value is -0.200. The number of hydrogen-bond acceptors (Lipinski definition) is 5. The van der Waals surface area contributed by atoms with E-state index in [4.69, 9.17) is 9.47 Å². The van der Waals surface area contributed by atoms with Crippen molar-refractivity contribution in [2.24, 2.45) is 0 Å². The van der Waals surface area contributed by atoms with E-state index in [0.717, 1.165) is 58.6 Å². The topological polar surface area (TPSA) is 28.2 Å². The van der Waals surface area contributed by atoms with Crippen LogP contribution < -0.4 is 0 Å². The average Bonchev–Trinajstić information content (AvgIpc) is 2.30. The molecule has 3 rings (SSSR count). The van der Waals surface area contributed by atoms with Gasteiger partial charge >= 0.3 is 0 Å². The van der Waals surface area contributed by atoms with E-state index in [9.17, 15) is 0 Å². The van der Waals surface area contributed by atoms with Crippen LogP contribution in [0.15, 0.2) is 0 Å². The molecule has 0 aliphatic carbocycles. The Morgan fingerprint density at radius 1 is 0.688 bits per heavy atom. The van der Waals surface area contributed by atoms with Gasteiger partial charge in [0.1, 0.15) is 0 Å². The van der Waals surface area contributed by atoms with Gasteiger partial charge in [0.25, 0.3) is 0 Å². The Morgan fingerprint density at radius 2 is 1.25 bits per heavy atom. The quantitative estimate of drug-likeness (QED) is 0.619. The van der Waals surface area contributed by atoms with Crippen molar-refractivity contribution in [3.8, 4) is 0 Å². The van der Waals surface area contributed by atoms with Crippen LogP contribution in [0, 0.1) is 0 Å². The Morgan fingerprint density at radius 3 is 1.88 bits per heavy atom. The van der Waals surface area contributed by atoms with Crippen molar-refractivity contribution in [2.45, 2.75) is 6.04 Å². The summed E-state index contributed by atoms with van der Waals surface area (Å²) in [5.41, 5.74) is 0. The van der Waals surface area contributed by atoms with Gasteiger partial charge in [-0.2, -0.15) is 0 Å². The van der Waals surface area contributed by atoms with Crippen LogP contribution in [0.3, 0.4) is 0 Å². The molecule has 3 aliphatic rings. The van der Waals surface area contributed by atoms with Gasteiger partial charge in [0, 0.05) is 45.3 Å². The van der Waals surface area contributed by atoms with Crippen LogP contribution in [0.2, 0.25) is 0 Å². The van der Waals surface area contributed by atoms with E-state index in [2.05, 4.69) is 14.9 Å². The van der Waals surface area contributed by atoms with Gasteiger partial charge in [0.15, 0.2) is 0 Å². The second-order valence-electron chi connectivity index (χ2n) is 4.74. The van der Waals surface area contributed by atoms with Crippen LogP contribution in [0.4, 0.5) is 0 Å². The molecule has 0 amide bonds. The minimum absolute atomic E-state index is 0.756. The van der Waals surface area contributed by atoms with E-state index < -0.39 is 0 Å². The molecule has 3 saturated heterocycles. The predicted octanol–water partition coefficient (Wildman–Crippen LogP) is -0.750. The first kappa shape index (κ1) is 10.9. The zero-order valence-electron chi connectivity index (χ0n) is 9.81. The van der Waals surface area contributed by atoms with E-state index in [1.807, 2.05) is 0 Å². The minimum atomic E-state index is 0.756. The smallest absolute Gasteiger partial charge is 0.0608 e. The Balaban J connectivity index is 1.43. The van der Waals surface area contributed by atoms with E-state index >= 15 is 0 Å². The number of morpholine rings is 2. The summed E-state index contributed by atoms with van der Waals surface area (Å²) in [4.78, 5) is 2.57. The molecule has 0 radical (unpaired) electrons. The maximum absolute atomic E-state index is 5.38. The monoisotopic (exact) mass is 227 g/mol. The van der Waals surface area contributed by atoms with Crippen LogP contribution in [0.5, 0.6) is 0 Å². The molecule has 0 unspecified atom stereocenters. The highest BCUT2D eigenvalue weighted by Crippen LogP contribution is 2.19. The third-order valence-corrected chi connectivity index (χ3v) is 3.79. The summed E-state index contributed by atoms with van der Waals surface area (Å²) in [6.45, 7) is 10.3. The zero-order chi connectivity index (χ0) is 10.8. The lowest BCUT2D eigenvalue weighted by molar-refractivity contribution is -0.158. The lowest BCUT2D eigenvalue weighted by Gasteiger charge is -2.51. The highest BCUT2D eigenvalue weighted by Gasteiger charge is 2.35. The standard InChI is InChI=1S/C11H21N3O2/c1-5-15-6-2-12(1)11-9-14(10-11)13-3-7-16-8-4-13/h11H,1-10H2. The van der Waals surface area contributed by atoms with Crippen LogP contribution in [0.1, 0.15) is 0 Å². The first-order valence-corrected chi connectivity index (χ1v) is 6.33. The maximum Gasteiger partial charge on any atom is 0.0608 e. The molecule has 0 bridgehead atoms. The maximum atomic E-state index is 5.38. The fourth-order valence-corrected chi connectivity index (χ4v) is 2.67. The Labute approximate surface area is 96.8 Å². The van der Waals surface area contributed by atoms with Crippen LogP contribution in [0.25, 0.3) is 0 Å². The molecule has 5 nitrogen and oxygen atoms in total. The second-order valence-corrected chi connectivity index (χ2v) is 4.74. The number of ether oxygens (including phenoxy) is 2. The van der Waals surface area contributed by atoms with E-state index in [0.29, 0.717) is 0 Å². The average molecular weight is 227 g/mol. The van der Waals surface area contributed by atoms with Gasteiger partial charge in [-0.1, -0.05) is 0 Å². The molecule has 0 atom stereocenters. The highest BCUT2D eigenvalue weighted by molar-refractivity contribution is 4.88. The number of rotatable bonds is 2. The normalized spacial score (nSPS) is 31.5. The van der Waals surface area contributed by atoms with Crippen molar-refractivity contribution in [1.29, 1.82) is 0 Å². The van der Waals surface area contributed by atoms with Gasteiger partial charge in [-0.3, -0.25) is 4.90 Å². The summed E-state index contributed by atoms with van der Waals surface area (Å²) >= 11 is 0. The Kier molecular flexibility index (Phi) is 3.40. The lowest BCUT2D eigenvalue weighted by atomic mass is 10.1. The predicted molar refractivity (Wildman–Crippen MR) is 60.1 cm³/mol. The lowest BCUT2D eigenvalue weighted by Crippen LogP contribution is -2.67. The molecule has 0 N–H and O–H groups in total. The number of hydrazine groups is 1. The van der Waals surface area contributed by atoms with Gasteiger partial charge in [-0.15, -0.1) is 0 Å². The third kappa shape index (κ3) is 2.24. The first-order chi connectivity index (χ1) is 7.93. The molecule has 16 heavy (non-hydrogen) atoms. The van der Waals surface area contributed by atoms with Crippen molar-refractivity contribution in [2.75, 3.05) is 65.7 Å². The van der Waals surface area contributed by atoms with Crippen molar-refractivity contribution in [3.05, 3.63) is 0 Å². The van der Waals surface area contributed by atoms with Crippen molar-refractivity contribution in [1.82, 2.24) is 14.9 Å². The molecular formula is C11H21N3O2. The summed E-state index contributed by atoms with van der Waals surface area (Å²) in [7, 11) is 0. The van der Waals surface area contributed by atoms with Crippen LogP contribution >= 0.6 is 0 Å². The van der Waals surface area contributed by atoms with Gasteiger partial charge in [0.2, 0.25) is 0 Å². The van der Waals surface area contributed by atoms with E-state index in [-0.39, 0.29) is 0 Å². The van der Waals surface area contributed by atoms with Crippen molar-refractivity contribution < 1.29 is 9.47 Å². The number of nitrogens with zero attached hydrogens (tertiary/aromatic N) is 3. The molecule has 0 aromatic rings. The summed E-state index contributed by atoms with van der Waals surface area (Å²) in [5, 5.41) is 4.92. The summed E-state index contributed by atoms with van der Waals surface area (Å²) in [6, 6.07) is 0.756. The van der Waals surface area contributed by atoms with E-state index in [1.165, 1.54) is 13.1 Å². The molecule has 0 aromatic carbocycles. The fraction of sp³-hybridized carbons (Fsp3) is 1.00. The second kappa shape index (κ2) is 4.98. The third-order valence-electron chi connectivity index (χ3n) is 3.79. The summed E-state index contributed by atoms with van der Waals surface area (Å²) in [5.74, 6) is 0. The van der Waals surface area contributed by atoms with Gasteiger partial charge in [-0.25, -0.2) is 10.0 Å². The minimum Gasteiger partial charge on any atom is -0.379 e. The van der Waals surface area contributed by atoms with Gasteiger partial charge < -0.3 is 9.47 Å². The van der Waals surface area contributed by atoms with Crippen molar-refractivity contribution >= 4 is 0 Å². The zero-order valence-corrected chi connectivity index (χ0v) is 9.81. The SMILES string of the molecule is C1CN(C2CN(N3CCOCC3)C2)CCO1. The molecule has 3 aliphatic heterocycles. The van der Waals surface area contributed by atoms with Crippen LogP contribution in [-0.2, 0) is 9.47 Å². The van der Waals surface area contributed by atoms with E-state index in [1.54, 1.807) is 0 Å². The highest BCUT2D eigenvalue weighted by atomic mass is 16.5. The van der Waals surface area contributed by atoms with Crippen molar-refractivity contribution in [3.63, 3.8) is 0 Å². The fourth-order valence-electron chi connectivity index (χ4n) is 2.67. The molecule has 5 heteroatoms. The summed E-state index contributed by atoms with van der Waals surface area (Å²) in [6.07, 6.45) is 0. The molecule has 0 aromatic heterocycles. The molecule has 0 saturated carbocycles.